The lowest BCUT2D eigenvalue weighted by Crippen LogP contribution is -2.43. The van der Waals surface area contributed by atoms with Crippen LogP contribution in [-0.4, -0.2) is 35.0 Å². The zero-order chi connectivity index (χ0) is 18.9. The van der Waals surface area contributed by atoms with Crippen molar-refractivity contribution >= 4 is 11.7 Å². The molecule has 2 aliphatic rings. The van der Waals surface area contributed by atoms with Gasteiger partial charge in [-0.2, -0.15) is 0 Å². The Morgan fingerprint density at radius 2 is 2.08 bits per heavy atom. The number of nitrogens with one attached hydrogen (secondary N) is 1. The lowest BCUT2D eigenvalue weighted by Gasteiger charge is -2.32. The van der Waals surface area contributed by atoms with Crippen LogP contribution in [0, 0.1) is 5.92 Å². The summed E-state index contributed by atoms with van der Waals surface area (Å²) in [7, 11) is 0. The molecule has 1 fully saturated rings. The van der Waals surface area contributed by atoms with E-state index < -0.39 is 5.60 Å². The normalized spacial score (nSPS) is 24.3. The average molecular weight is 361 g/mol. The molecule has 2 N–H and O–H groups in total. The number of benzene rings is 1. The van der Waals surface area contributed by atoms with Crippen molar-refractivity contribution in [2.45, 2.75) is 64.5 Å². The van der Waals surface area contributed by atoms with Gasteiger partial charge >= 0.3 is 0 Å². The molecule has 6 nitrogen and oxygen atoms in total. The van der Waals surface area contributed by atoms with Crippen LogP contribution >= 0.6 is 0 Å². The van der Waals surface area contributed by atoms with E-state index in [0.29, 0.717) is 17.4 Å². The third-order valence-electron chi connectivity index (χ3n) is 5.13. The Hall–Kier alpha value is -2.24. The smallest absolute Gasteiger partial charge is 0.258 e. The van der Waals surface area contributed by atoms with Gasteiger partial charge in [0.05, 0.1) is 6.42 Å². The van der Waals surface area contributed by atoms with Crippen molar-refractivity contribution < 1.29 is 24.2 Å². The Morgan fingerprint density at radius 3 is 2.81 bits per heavy atom. The predicted octanol–water partition coefficient (Wildman–Crippen LogP) is 3.21. The van der Waals surface area contributed by atoms with Gasteiger partial charge < -0.3 is 19.9 Å². The highest BCUT2D eigenvalue weighted by Gasteiger charge is 2.35. The van der Waals surface area contributed by atoms with Crippen LogP contribution in [0.15, 0.2) is 12.1 Å². The van der Waals surface area contributed by atoms with E-state index in [4.69, 9.17) is 9.47 Å². The molecule has 0 spiro atoms. The van der Waals surface area contributed by atoms with E-state index in [-0.39, 0.29) is 42.1 Å². The van der Waals surface area contributed by atoms with E-state index in [1.54, 1.807) is 6.07 Å². The third kappa shape index (κ3) is 4.11. The molecule has 1 saturated carbocycles. The molecule has 2 atom stereocenters. The number of amides is 1. The average Bonchev–Trinajstić information content (AvgIpc) is 2.53. The fourth-order valence-corrected chi connectivity index (χ4v) is 3.76. The monoisotopic (exact) mass is 361 g/mol. The molecule has 0 radical (unpaired) electrons. The van der Waals surface area contributed by atoms with E-state index in [9.17, 15) is 14.7 Å². The van der Waals surface area contributed by atoms with E-state index >= 15 is 0 Å². The molecular formula is C20H27NO5. The number of fused-ring (bicyclic) bond motifs is 1. The van der Waals surface area contributed by atoms with Crippen LogP contribution in [0.3, 0.4) is 0 Å². The maximum Gasteiger partial charge on any atom is 0.258 e. The van der Waals surface area contributed by atoms with Crippen molar-refractivity contribution in [1.29, 1.82) is 0 Å². The first-order valence-corrected chi connectivity index (χ1v) is 9.26. The topological polar surface area (TPSA) is 84.9 Å². The maximum absolute atomic E-state index is 12.2. The predicted molar refractivity (Wildman–Crippen MR) is 96.8 cm³/mol. The van der Waals surface area contributed by atoms with Gasteiger partial charge in [-0.05, 0) is 32.6 Å². The van der Waals surface area contributed by atoms with Crippen LogP contribution in [0.1, 0.15) is 63.2 Å². The minimum absolute atomic E-state index is 0.140. The second-order valence-corrected chi connectivity index (χ2v) is 8.00. The highest BCUT2D eigenvalue weighted by Crippen LogP contribution is 2.40. The Labute approximate surface area is 153 Å². The third-order valence-corrected chi connectivity index (χ3v) is 5.13. The number of phenolic OH excluding ortho intramolecular Hbond substituents is 1. The van der Waals surface area contributed by atoms with Crippen molar-refractivity contribution in [3.63, 3.8) is 0 Å². The van der Waals surface area contributed by atoms with Gasteiger partial charge in [0.2, 0.25) is 0 Å². The molecule has 1 amide bonds. The molecule has 0 unspecified atom stereocenters. The summed E-state index contributed by atoms with van der Waals surface area (Å²) in [4.78, 5) is 24.4. The summed E-state index contributed by atoms with van der Waals surface area (Å²) in [5, 5.41) is 13.2. The molecular weight excluding hydrogens is 334 g/mol. The highest BCUT2D eigenvalue weighted by atomic mass is 16.5. The van der Waals surface area contributed by atoms with E-state index in [1.165, 1.54) is 12.5 Å². The number of rotatable bonds is 4. The first kappa shape index (κ1) is 18.5. The summed E-state index contributed by atoms with van der Waals surface area (Å²) in [5.41, 5.74) is -0.457. The van der Waals surface area contributed by atoms with E-state index in [1.807, 2.05) is 13.8 Å². The van der Waals surface area contributed by atoms with Crippen LogP contribution < -0.4 is 14.8 Å². The van der Waals surface area contributed by atoms with Crippen molar-refractivity contribution in [3.05, 3.63) is 17.7 Å². The Morgan fingerprint density at radius 1 is 1.35 bits per heavy atom. The second kappa shape index (κ2) is 7.17. The molecule has 0 saturated heterocycles. The molecule has 26 heavy (non-hydrogen) atoms. The molecule has 142 valence electrons. The molecule has 1 aliphatic carbocycles. The molecule has 1 aromatic carbocycles. The molecule has 0 bridgehead atoms. The molecule has 6 heteroatoms. The van der Waals surface area contributed by atoms with E-state index in [2.05, 4.69) is 12.2 Å². The molecule has 1 aliphatic heterocycles. The summed E-state index contributed by atoms with van der Waals surface area (Å²) >= 11 is 0. The molecule has 1 aromatic rings. The number of carbonyl (C=O) groups excluding carboxylic acids is 2. The van der Waals surface area contributed by atoms with Crippen LogP contribution in [0.25, 0.3) is 0 Å². The minimum atomic E-state index is -0.635. The summed E-state index contributed by atoms with van der Waals surface area (Å²) in [6.07, 6.45) is 4.68. The first-order valence-electron chi connectivity index (χ1n) is 9.26. The first-order chi connectivity index (χ1) is 12.2. The Kier molecular flexibility index (Phi) is 5.12. The van der Waals surface area contributed by atoms with Gasteiger partial charge in [-0.3, -0.25) is 9.59 Å². The van der Waals surface area contributed by atoms with Crippen LogP contribution in [0.4, 0.5) is 0 Å². The highest BCUT2D eigenvalue weighted by molar-refractivity contribution is 6.03. The minimum Gasteiger partial charge on any atom is -0.507 e. The van der Waals surface area contributed by atoms with Gasteiger partial charge in [0.1, 0.15) is 28.4 Å². The van der Waals surface area contributed by atoms with Crippen molar-refractivity contribution in [2.24, 2.45) is 5.92 Å². The zero-order valence-corrected chi connectivity index (χ0v) is 15.6. The number of carbonyl (C=O) groups is 2. The number of aromatic hydroxyl groups is 1. The van der Waals surface area contributed by atoms with Gasteiger partial charge in [0.25, 0.3) is 5.91 Å². The SMILES string of the molecule is C[C@H]1CCCC[C@H]1NC(=O)COc1cc(O)c2c(c1)OC(C)(C)CC2=O. The maximum atomic E-state index is 12.2. The van der Waals surface area contributed by atoms with Gasteiger partial charge in [-0.15, -0.1) is 0 Å². The number of ketones is 1. The van der Waals surface area contributed by atoms with Crippen LogP contribution in [-0.2, 0) is 4.79 Å². The Bertz CT molecular complexity index is 712. The largest absolute Gasteiger partial charge is 0.507 e. The number of phenols is 1. The van der Waals surface area contributed by atoms with Crippen LogP contribution in [0.2, 0.25) is 0 Å². The van der Waals surface area contributed by atoms with Crippen LogP contribution in [0.5, 0.6) is 17.2 Å². The summed E-state index contributed by atoms with van der Waals surface area (Å²) in [6.45, 7) is 5.65. The number of hydrogen-bond donors (Lipinski definition) is 2. The summed E-state index contributed by atoms with van der Waals surface area (Å²) in [6, 6.07) is 3.11. The number of hydrogen-bond acceptors (Lipinski definition) is 5. The van der Waals surface area contributed by atoms with Crippen molar-refractivity contribution in [2.75, 3.05) is 6.61 Å². The van der Waals surface area contributed by atoms with Gasteiger partial charge in [-0.25, -0.2) is 0 Å². The fraction of sp³-hybridized carbons (Fsp3) is 0.600. The summed E-state index contributed by atoms with van der Waals surface area (Å²) in [5.74, 6) is 0.546. The van der Waals surface area contributed by atoms with Gasteiger partial charge in [0, 0.05) is 18.2 Å². The molecule has 1 heterocycles. The molecule has 3 rings (SSSR count). The Balaban J connectivity index is 1.64. The second-order valence-electron chi connectivity index (χ2n) is 8.00. The number of ether oxygens (including phenoxy) is 2. The number of Topliss-reactive ketones (excluding diaryl/α,β-unsaturated/α-hetero) is 1. The lowest BCUT2D eigenvalue weighted by molar-refractivity contribution is -0.124. The fourth-order valence-electron chi connectivity index (χ4n) is 3.76. The standard InChI is InChI=1S/C20H27NO5/c1-12-6-4-5-7-14(12)21-18(24)11-25-13-8-15(22)19-16(23)10-20(2,3)26-17(19)9-13/h8-9,12,14,22H,4-7,10-11H2,1-3H3,(H,21,24)/t12-,14+/m0/s1. The summed E-state index contributed by atoms with van der Waals surface area (Å²) < 4.78 is 11.3. The van der Waals surface area contributed by atoms with Crippen molar-refractivity contribution in [1.82, 2.24) is 5.32 Å². The lowest BCUT2D eigenvalue weighted by atomic mass is 9.86. The van der Waals surface area contributed by atoms with Crippen molar-refractivity contribution in [3.8, 4) is 17.2 Å². The van der Waals surface area contributed by atoms with Gasteiger partial charge in [0.15, 0.2) is 12.4 Å². The quantitative estimate of drug-likeness (QED) is 0.860. The zero-order valence-electron chi connectivity index (χ0n) is 15.6. The molecule has 0 aromatic heterocycles. The van der Waals surface area contributed by atoms with Gasteiger partial charge in [-0.1, -0.05) is 19.8 Å². The van der Waals surface area contributed by atoms with E-state index in [0.717, 1.165) is 19.3 Å².